The molecule has 1 N–H and O–H groups in total. The minimum Gasteiger partial charge on any atom is -0.321 e. The normalized spacial score (nSPS) is 10.4. The number of carbonyl (C=O) groups excluding carboxylic acids is 1. The van der Waals surface area contributed by atoms with E-state index in [4.69, 9.17) is 0 Å². The van der Waals surface area contributed by atoms with Gasteiger partial charge in [-0.05, 0) is 35.2 Å². The number of rotatable bonds is 4. The first-order valence-corrected chi connectivity index (χ1v) is 7.15. The smallest absolute Gasteiger partial charge is 0.255 e. The summed E-state index contributed by atoms with van der Waals surface area (Å²) in [6, 6.07) is 11.3. The number of carbonyl (C=O) groups is 1. The highest BCUT2D eigenvalue weighted by atomic mass is 32.1. The lowest BCUT2D eigenvalue weighted by Crippen LogP contribution is -2.11. The summed E-state index contributed by atoms with van der Waals surface area (Å²) >= 11 is 1.56. The topological polar surface area (TPSA) is 46.9 Å². The van der Waals surface area contributed by atoms with Crippen molar-refractivity contribution < 1.29 is 4.79 Å². The third-order valence-corrected chi connectivity index (χ3v) is 3.58. The van der Waals surface area contributed by atoms with Crippen molar-refractivity contribution in [1.29, 1.82) is 0 Å². The van der Waals surface area contributed by atoms with Crippen LogP contribution < -0.4 is 5.32 Å². The molecule has 2 aromatic heterocycles. The van der Waals surface area contributed by atoms with Crippen molar-refractivity contribution in [2.24, 2.45) is 0 Å². The van der Waals surface area contributed by atoms with E-state index < -0.39 is 0 Å². The zero-order chi connectivity index (χ0) is 13.8. The molecular formula is C15H13N3OS. The van der Waals surface area contributed by atoms with Crippen molar-refractivity contribution >= 4 is 22.9 Å². The summed E-state index contributed by atoms with van der Waals surface area (Å²) in [5.74, 6) is -0.0889. The first-order valence-electron chi connectivity index (χ1n) is 6.21. The van der Waals surface area contributed by atoms with E-state index in [1.54, 1.807) is 17.5 Å². The van der Waals surface area contributed by atoms with Crippen LogP contribution in [0.25, 0.3) is 0 Å². The van der Waals surface area contributed by atoms with Crippen LogP contribution in [0.1, 0.15) is 15.9 Å². The second kappa shape index (κ2) is 5.71. The predicted molar refractivity (Wildman–Crippen MR) is 80.0 cm³/mol. The van der Waals surface area contributed by atoms with Crippen molar-refractivity contribution in [1.82, 2.24) is 9.78 Å². The van der Waals surface area contributed by atoms with Crippen LogP contribution in [0.15, 0.2) is 59.6 Å². The van der Waals surface area contributed by atoms with Crippen LogP contribution >= 0.6 is 11.3 Å². The van der Waals surface area contributed by atoms with E-state index in [-0.39, 0.29) is 5.91 Å². The van der Waals surface area contributed by atoms with E-state index in [0.29, 0.717) is 12.1 Å². The molecule has 0 radical (unpaired) electrons. The fraction of sp³-hybridized carbons (Fsp3) is 0.0667. The lowest BCUT2D eigenvalue weighted by Gasteiger charge is -2.05. The molecule has 3 rings (SSSR count). The Hall–Kier alpha value is -2.40. The lowest BCUT2D eigenvalue weighted by molar-refractivity contribution is 0.102. The van der Waals surface area contributed by atoms with E-state index in [1.807, 2.05) is 58.0 Å². The quantitative estimate of drug-likeness (QED) is 0.799. The number of anilines is 1. The molecular weight excluding hydrogens is 270 g/mol. The highest BCUT2D eigenvalue weighted by molar-refractivity contribution is 7.08. The van der Waals surface area contributed by atoms with E-state index in [2.05, 4.69) is 10.4 Å². The number of amides is 1. The Balaban J connectivity index is 1.68. The summed E-state index contributed by atoms with van der Waals surface area (Å²) in [5.41, 5.74) is 2.60. The molecule has 0 unspecified atom stereocenters. The van der Waals surface area contributed by atoms with Crippen LogP contribution in [0, 0.1) is 0 Å². The average Bonchev–Trinajstić information content (AvgIpc) is 3.13. The average molecular weight is 283 g/mol. The molecule has 0 aliphatic heterocycles. The first-order chi connectivity index (χ1) is 9.81. The minimum atomic E-state index is -0.0889. The SMILES string of the molecule is O=C(Nc1ccsc1)c1ccc(Cn2cccn2)cc1. The van der Waals surface area contributed by atoms with E-state index in [1.165, 1.54) is 0 Å². The molecule has 0 bridgehead atoms. The molecule has 20 heavy (non-hydrogen) atoms. The van der Waals surface area contributed by atoms with Crippen molar-refractivity contribution in [2.45, 2.75) is 6.54 Å². The van der Waals surface area contributed by atoms with Gasteiger partial charge in [0.1, 0.15) is 0 Å². The molecule has 0 aliphatic carbocycles. The molecule has 0 spiro atoms. The summed E-state index contributed by atoms with van der Waals surface area (Å²) in [5, 5.41) is 10.9. The van der Waals surface area contributed by atoms with Gasteiger partial charge in [-0.2, -0.15) is 16.4 Å². The molecule has 1 aromatic carbocycles. The number of nitrogens with one attached hydrogen (secondary N) is 1. The summed E-state index contributed by atoms with van der Waals surface area (Å²) in [4.78, 5) is 12.0. The van der Waals surface area contributed by atoms with Gasteiger partial charge in [-0.15, -0.1) is 0 Å². The molecule has 5 heteroatoms. The predicted octanol–water partition coefficient (Wildman–Crippen LogP) is 3.25. The van der Waals surface area contributed by atoms with Crippen molar-refractivity contribution in [3.63, 3.8) is 0 Å². The summed E-state index contributed by atoms with van der Waals surface area (Å²) in [6.45, 7) is 0.708. The zero-order valence-corrected chi connectivity index (χ0v) is 11.5. The van der Waals surface area contributed by atoms with Crippen LogP contribution in [0.4, 0.5) is 5.69 Å². The molecule has 4 nitrogen and oxygen atoms in total. The highest BCUT2D eigenvalue weighted by Gasteiger charge is 2.06. The number of hydrogen-bond acceptors (Lipinski definition) is 3. The zero-order valence-electron chi connectivity index (χ0n) is 10.7. The van der Waals surface area contributed by atoms with Crippen LogP contribution in [0.3, 0.4) is 0 Å². The van der Waals surface area contributed by atoms with E-state index in [0.717, 1.165) is 11.3 Å². The van der Waals surface area contributed by atoms with Gasteiger partial charge in [0.15, 0.2) is 0 Å². The molecule has 0 fully saturated rings. The maximum Gasteiger partial charge on any atom is 0.255 e. The van der Waals surface area contributed by atoms with E-state index >= 15 is 0 Å². The molecule has 0 aliphatic rings. The molecule has 1 amide bonds. The summed E-state index contributed by atoms with van der Waals surface area (Å²) in [6.07, 6.45) is 3.67. The molecule has 2 heterocycles. The fourth-order valence-electron chi connectivity index (χ4n) is 1.88. The van der Waals surface area contributed by atoms with Crippen LogP contribution in [-0.2, 0) is 6.54 Å². The van der Waals surface area contributed by atoms with Gasteiger partial charge in [-0.1, -0.05) is 12.1 Å². The maximum absolute atomic E-state index is 12.0. The summed E-state index contributed by atoms with van der Waals surface area (Å²) < 4.78 is 1.85. The van der Waals surface area contributed by atoms with Gasteiger partial charge in [0.2, 0.25) is 0 Å². The Morgan fingerprint density at radius 3 is 2.75 bits per heavy atom. The maximum atomic E-state index is 12.0. The molecule has 100 valence electrons. The monoisotopic (exact) mass is 283 g/mol. The van der Waals surface area contributed by atoms with Crippen molar-refractivity contribution in [3.05, 3.63) is 70.7 Å². The molecule has 0 atom stereocenters. The van der Waals surface area contributed by atoms with E-state index in [9.17, 15) is 4.79 Å². The largest absolute Gasteiger partial charge is 0.321 e. The Morgan fingerprint density at radius 2 is 2.10 bits per heavy atom. The van der Waals surface area contributed by atoms with Gasteiger partial charge in [-0.25, -0.2) is 0 Å². The van der Waals surface area contributed by atoms with Gasteiger partial charge in [0.25, 0.3) is 5.91 Å². The second-order valence-corrected chi connectivity index (χ2v) is 5.15. The van der Waals surface area contributed by atoms with Crippen molar-refractivity contribution in [3.8, 4) is 0 Å². The Kier molecular flexibility index (Phi) is 3.60. The number of hydrogen-bond donors (Lipinski definition) is 1. The summed E-state index contributed by atoms with van der Waals surface area (Å²) in [7, 11) is 0. The van der Waals surface area contributed by atoms with Gasteiger partial charge >= 0.3 is 0 Å². The number of thiophene rings is 1. The van der Waals surface area contributed by atoms with Gasteiger partial charge < -0.3 is 5.32 Å². The minimum absolute atomic E-state index is 0.0889. The van der Waals surface area contributed by atoms with Gasteiger partial charge in [0.05, 0.1) is 12.2 Å². The van der Waals surface area contributed by atoms with Gasteiger partial charge in [0, 0.05) is 23.3 Å². The first kappa shape index (κ1) is 12.6. The highest BCUT2D eigenvalue weighted by Crippen LogP contribution is 2.14. The Morgan fingerprint density at radius 1 is 1.25 bits per heavy atom. The standard InChI is InChI=1S/C15H13N3OS/c19-15(17-14-6-9-20-11-14)13-4-2-12(3-5-13)10-18-8-1-7-16-18/h1-9,11H,10H2,(H,17,19). The third kappa shape index (κ3) is 2.95. The van der Waals surface area contributed by atoms with Crippen LogP contribution in [0.5, 0.6) is 0 Å². The molecule has 3 aromatic rings. The van der Waals surface area contributed by atoms with Crippen LogP contribution in [0.2, 0.25) is 0 Å². The Bertz CT molecular complexity index is 673. The number of benzene rings is 1. The number of aromatic nitrogens is 2. The molecule has 0 saturated carbocycles. The third-order valence-electron chi connectivity index (χ3n) is 2.90. The number of nitrogens with zero attached hydrogens (tertiary/aromatic N) is 2. The van der Waals surface area contributed by atoms with Gasteiger partial charge in [-0.3, -0.25) is 9.48 Å². The lowest BCUT2D eigenvalue weighted by atomic mass is 10.1. The Labute approximate surface area is 120 Å². The fourth-order valence-corrected chi connectivity index (χ4v) is 2.47. The van der Waals surface area contributed by atoms with Crippen molar-refractivity contribution in [2.75, 3.05) is 5.32 Å². The molecule has 0 saturated heterocycles. The van der Waals surface area contributed by atoms with Crippen LogP contribution in [-0.4, -0.2) is 15.7 Å². The second-order valence-electron chi connectivity index (χ2n) is 4.37.